The summed E-state index contributed by atoms with van der Waals surface area (Å²) in [6.07, 6.45) is 2.03. The Morgan fingerprint density at radius 3 is 2.95 bits per heavy atom. The third-order valence-electron chi connectivity index (χ3n) is 3.62. The van der Waals surface area contributed by atoms with E-state index in [4.69, 9.17) is 5.26 Å². The maximum Gasteiger partial charge on any atom is 0.152 e. The molecule has 0 radical (unpaired) electrons. The topological polar surface area (TPSA) is 81.8 Å². The van der Waals surface area contributed by atoms with E-state index in [-0.39, 0.29) is 5.75 Å². The van der Waals surface area contributed by atoms with E-state index in [0.717, 1.165) is 36.3 Å². The van der Waals surface area contributed by atoms with Gasteiger partial charge in [-0.25, -0.2) is 0 Å². The van der Waals surface area contributed by atoms with Gasteiger partial charge in [-0.2, -0.15) is 5.26 Å². The zero-order chi connectivity index (χ0) is 14.1. The number of nitrogens with zero attached hydrogens (tertiary/aromatic N) is 3. The molecule has 3 rings (SSSR count). The molecule has 0 saturated carbocycles. The molecule has 1 aliphatic rings. The van der Waals surface area contributed by atoms with Gasteiger partial charge in [0, 0.05) is 17.7 Å². The summed E-state index contributed by atoms with van der Waals surface area (Å²) in [7, 11) is 0. The number of benzene rings is 1. The van der Waals surface area contributed by atoms with Gasteiger partial charge in [-0.15, -0.1) is 10.2 Å². The van der Waals surface area contributed by atoms with Gasteiger partial charge in [-0.1, -0.05) is 0 Å². The van der Waals surface area contributed by atoms with Crippen LogP contribution in [0.25, 0.3) is 11.3 Å². The maximum absolute atomic E-state index is 10.1. The minimum Gasteiger partial charge on any atom is -0.507 e. The standard InChI is InChI=1S/C15H14N4O/c1-9-11-3-2-6-17-15(11)19-18-14(9)12-5-4-10(8-16)7-13(12)20/h4-5,7,20H,2-3,6H2,1H3,(H,17,19). The lowest BCUT2D eigenvalue weighted by Gasteiger charge is -2.19. The van der Waals surface area contributed by atoms with Gasteiger partial charge in [-0.3, -0.25) is 0 Å². The first-order valence-corrected chi connectivity index (χ1v) is 6.54. The van der Waals surface area contributed by atoms with Crippen molar-refractivity contribution in [2.45, 2.75) is 19.8 Å². The van der Waals surface area contributed by atoms with E-state index in [2.05, 4.69) is 15.5 Å². The van der Waals surface area contributed by atoms with E-state index in [1.165, 1.54) is 6.07 Å². The molecule has 0 amide bonds. The molecule has 100 valence electrons. The van der Waals surface area contributed by atoms with Crippen molar-refractivity contribution in [2.75, 3.05) is 11.9 Å². The van der Waals surface area contributed by atoms with Crippen LogP contribution in [0.5, 0.6) is 5.75 Å². The van der Waals surface area contributed by atoms with Crippen LogP contribution < -0.4 is 5.32 Å². The molecule has 1 aromatic carbocycles. The van der Waals surface area contributed by atoms with Gasteiger partial charge in [0.05, 0.1) is 17.3 Å². The van der Waals surface area contributed by atoms with Crippen LogP contribution in [-0.2, 0) is 6.42 Å². The van der Waals surface area contributed by atoms with Crippen molar-refractivity contribution < 1.29 is 5.11 Å². The number of nitrogens with one attached hydrogen (secondary N) is 1. The average Bonchev–Trinajstić information content (AvgIpc) is 2.48. The molecule has 2 heterocycles. The molecule has 1 aromatic heterocycles. The fourth-order valence-corrected chi connectivity index (χ4v) is 2.53. The minimum absolute atomic E-state index is 0.0603. The predicted octanol–water partition coefficient (Wildman–Crippen LogP) is 2.39. The molecule has 0 spiro atoms. The van der Waals surface area contributed by atoms with Gasteiger partial charge < -0.3 is 10.4 Å². The maximum atomic E-state index is 10.1. The Balaban J connectivity index is 2.14. The van der Waals surface area contributed by atoms with Crippen molar-refractivity contribution in [2.24, 2.45) is 0 Å². The van der Waals surface area contributed by atoms with Crippen LogP contribution in [0, 0.1) is 18.3 Å². The van der Waals surface area contributed by atoms with Crippen LogP contribution in [0.15, 0.2) is 18.2 Å². The Bertz CT molecular complexity index is 719. The average molecular weight is 266 g/mol. The Morgan fingerprint density at radius 1 is 1.35 bits per heavy atom. The van der Waals surface area contributed by atoms with Crippen molar-refractivity contribution in [3.05, 3.63) is 34.9 Å². The number of phenolic OH excluding ortho intramolecular Hbond substituents is 1. The highest BCUT2D eigenvalue weighted by Gasteiger charge is 2.18. The molecular weight excluding hydrogens is 252 g/mol. The third kappa shape index (κ3) is 1.95. The number of rotatable bonds is 1. The molecule has 0 aliphatic carbocycles. The molecule has 20 heavy (non-hydrogen) atoms. The zero-order valence-corrected chi connectivity index (χ0v) is 11.1. The predicted molar refractivity (Wildman–Crippen MR) is 75.4 cm³/mol. The molecule has 0 fully saturated rings. The fraction of sp³-hybridized carbons (Fsp3) is 0.267. The number of phenols is 1. The Labute approximate surface area is 116 Å². The van der Waals surface area contributed by atoms with Crippen LogP contribution >= 0.6 is 0 Å². The molecule has 2 N–H and O–H groups in total. The van der Waals surface area contributed by atoms with E-state index in [9.17, 15) is 5.11 Å². The highest BCUT2D eigenvalue weighted by atomic mass is 16.3. The first-order chi connectivity index (χ1) is 9.70. The number of aromatic hydroxyl groups is 1. The van der Waals surface area contributed by atoms with Crippen LogP contribution in [0.2, 0.25) is 0 Å². The lowest BCUT2D eigenvalue weighted by atomic mass is 9.97. The second-order valence-electron chi connectivity index (χ2n) is 4.87. The summed E-state index contributed by atoms with van der Waals surface area (Å²) in [6, 6.07) is 6.85. The highest BCUT2D eigenvalue weighted by molar-refractivity contribution is 5.73. The number of fused-ring (bicyclic) bond motifs is 1. The molecule has 0 bridgehead atoms. The molecule has 5 heteroatoms. The van der Waals surface area contributed by atoms with Gasteiger partial charge in [0.25, 0.3) is 0 Å². The second kappa shape index (κ2) is 4.82. The van der Waals surface area contributed by atoms with E-state index >= 15 is 0 Å². The summed E-state index contributed by atoms with van der Waals surface area (Å²) in [5, 5.41) is 30.6. The molecule has 5 nitrogen and oxygen atoms in total. The first-order valence-electron chi connectivity index (χ1n) is 6.54. The summed E-state index contributed by atoms with van der Waals surface area (Å²) in [4.78, 5) is 0. The largest absolute Gasteiger partial charge is 0.507 e. The summed E-state index contributed by atoms with van der Waals surface area (Å²) in [5.41, 5.74) is 3.90. The van der Waals surface area contributed by atoms with E-state index < -0.39 is 0 Å². The van der Waals surface area contributed by atoms with Crippen LogP contribution in [-0.4, -0.2) is 21.8 Å². The Hall–Kier alpha value is -2.61. The Kier molecular flexibility index (Phi) is 2.99. The zero-order valence-electron chi connectivity index (χ0n) is 11.1. The number of nitriles is 1. The van der Waals surface area contributed by atoms with Gasteiger partial charge >= 0.3 is 0 Å². The first kappa shape index (κ1) is 12.4. The van der Waals surface area contributed by atoms with E-state index in [1.54, 1.807) is 12.1 Å². The van der Waals surface area contributed by atoms with E-state index in [1.807, 2.05) is 13.0 Å². The lowest BCUT2D eigenvalue weighted by Crippen LogP contribution is -2.16. The van der Waals surface area contributed by atoms with Crippen molar-refractivity contribution >= 4 is 5.82 Å². The van der Waals surface area contributed by atoms with Crippen molar-refractivity contribution in [1.29, 1.82) is 5.26 Å². The molecule has 0 saturated heterocycles. The summed E-state index contributed by atoms with van der Waals surface area (Å²) >= 11 is 0. The van der Waals surface area contributed by atoms with Crippen LogP contribution in [0.1, 0.15) is 23.1 Å². The number of anilines is 1. The lowest BCUT2D eigenvalue weighted by molar-refractivity contribution is 0.477. The fourth-order valence-electron chi connectivity index (χ4n) is 2.53. The Morgan fingerprint density at radius 2 is 2.20 bits per heavy atom. The summed E-state index contributed by atoms with van der Waals surface area (Å²) < 4.78 is 0. The quantitative estimate of drug-likeness (QED) is 0.828. The third-order valence-corrected chi connectivity index (χ3v) is 3.62. The van der Waals surface area contributed by atoms with Crippen molar-refractivity contribution in [1.82, 2.24) is 10.2 Å². The second-order valence-corrected chi connectivity index (χ2v) is 4.87. The van der Waals surface area contributed by atoms with Gasteiger partial charge in [0.2, 0.25) is 0 Å². The van der Waals surface area contributed by atoms with Crippen molar-refractivity contribution in [3.8, 4) is 23.1 Å². The minimum atomic E-state index is 0.0603. The SMILES string of the molecule is Cc1c(-c2ccc(C#N)cc2O)nnc2c1CCCN2. The number of hydrogen-bond acceptors (Lipinski definition) is 5. The molecular formula is C15H14N4O. The molecule has 2 aromatic rings. The number of hydrogen-bond donors (Lipinski definition) is 2. The smallest absolute Gasteiger partial charge is 0.152 e. The molecule has 1 aliphatic heterocycles. The summed E-state index contributed by atoms with van der Waals surface area (Å²) in [5.74, 6) is 0.899. The number of aromatic nitrogens is 2. The van der Waals surface area contributed by atoms with Gasteiger partial charge in [-0.05, 0) is 43.5 Å². The molecule has 0 atom stereocenters. The summed E-state index contributed by atoms with van der Waals surface area (Å²) in [6.45, 7) is 2.91. The molecule has 0 unspecified atom stereocenters. The van der Waals surface area contributed by atoms with Gasteiger partial charge in [0.15, 0.2) is 5.82 Å². The van der Waals surface area contributed by atoms with Crippen LogP contribution in [0.4, 0.5) is 5.82 Å². The van der Waals surface area contributed by atoms with E-state index in [0.29, 0.717) is 16.8 Å². The highest BCUT2D eigenvalue weighted by Crippen LogP contribution is 2.34. The van der Waals surface area contributed by atoms with Gasteiger partial charge in [0.1, 0.15) is 5.75 Å². The van der Waals surface area contributed by atoms with Crippen LogP contribution in [0.3, 0.4) is 0 Å². The monoisotopic (exact) mass is 266 g/mol. The van der Waals surface area contributed by atoms with Crippen molar-refractivity contribution in [3.63, 3.8) is 0 Å². The normalized spacial score (nSPS) is 13.2.